The molecule has 0 amide bonds. The Bertz CT molecular complexity index is 888. The van der Waals surface area contributed by atoms with E-state index in [-0.39, 0.29) is 0 Å². The van der Waals surface area contributed by atoms with E-state index in [1.165, 1.54) is 46.3 Å². The number of piperazine rings is 1. The van der Waals surface area contributed by atoms with Crippen molar-refractivity contribution < 1.29 is 4.74 Å². The van der Waals surface area contributed by atoms with E-state index >= 15 is 0 Å². The van der Waals surface area contributed by atoms with Crippen molar-refractivity contribution in [1.82, 2.24) is 24.7 Å². The van der Waals surface area contributed by atoms with Gasteiger partial charge in [0.1, 0.15) is 16.5 Å². The topological polar surface area (TPSA) is 56.8 Å². The number of nitrogens with zero attached hydrogens (tertiary/aromatic N) is 5. The molecule has 4 heterocycles. The van der Waals surface area contributed by atoms with Gasteiger partial charge in [-0.2, -0.15) is 0 Å². The molecule has 2 aromatic heterocycles. The molecule has 1 unspecified atom stereocenters. The van der Waals surface area contributed by atoms with Crippen LogP contribution >= 0.6 is 11.3 Å². The summed E-state index contributed by atoms with van der Waals surface area (Å²) < 4.78 is 5.52. The maximum atomic E-state index is 5.52. The molecule has 170 valence electrons. The number of fused-ring (bicyclic) bond motifs is 3. The van der Waals surface area contributed by atoms with Crippen LogP contribution in [0.5, 0.6) is 0 Å². The SMILES string of the molecule is CC(CNc1nc(CN2CCOCC2)nc2sc3c(c12)CCCC3)N1CCN(C)CC1. The van der Waals surface area contributed by atoms with Gasteiger partial charge in [0, 0.05) is 56.7 Å². The molecule has 2 fully saturated rings. The van der Waals surface area contributed by atoms with Crippen molar-refractivity contribution in [2.75, 3.05) is 71.4 Å². The molecule has 2 saturated heterocycles. The average Bonchev–Trinajstić information content (AvgIpc) is 3.17. The van der Waals surface area contributed by atoms with E-state index in [4.69, 9.17) is 14.7 Å². The summed E-state index contributed by atoms with van der Waals surface area (Å²) in [6.07, 6.45) is 4.96. The van der Waals surface area contributed by atoms with E-state index in [1.54, 1.807) is 0 Å². The van der Waals surface area contributed by atoms with Crippen LogP contribution in [-0.4, -0.2) is 96.8 Å². The zero-order valence-corrected chi connectivity index (χ0v) is 19.8. The van der Waals surface area contributed by atoms with E-state index < -0.39 is 0 Å². The van der Waals surface area contributed by atoms with Crippen molar-refractivity contribution >= 4 is 27.4 Å². The van der Waals surface area contributed by atoms with Crippen molar-refractivity contribution in [1.29, 1.82) is 0 Å². The smallest absolute Gasteiger partial charge is 0.146 e. The van der Waals surface area contributed by atoms with Crippen molar-refractivity contribution in [3.63, 3.8) is 0 Å². The maximum absolute atomic E-state index is 5.52. The van der Waals surface area contributed by atoms with E-state index in [1.807, 2.05) is 11.3 Å². The quantitative estimate of drug-likeness (QED) is 0.734. The average molecular weight is 445 g/mol. The van der Waals surface area contributed by atoms with Gasteiger partial charge in [0.05, 0.1) is 25.1 Å². The molecule has 2 aromatic rings. The number of ether oxygens (including phenoxy) is 1. The van der Waals surface area contributed by atoms with Gasteiger partial charge >= 0.3 is 0 Å². The normalized spacial score (nSPS) is 22.5. The van der Waals surface area contributed by atoms with Crippen LogP contribution in [0.25, 0.3) is 10.2 Å². The number of morpholine rings is 1. The first kappa shape index (κ1) is 21.5. The minimum Gasteiger partial charge on any atom is -0.379 e. The van der Waals surface area contributed by atoms with Crippen molar-refractivity contribution in [3.8, 4) is 0 Å². The number of thiophene rings is 1. The summed E-state index contributed by atoms with van der Waals surface area (Å²) in [6.45, 7) is 12.2. The molecule has 1 atom stereocenters. The molecule has 3 aliphatic rings. The highest BCUT2D eigenvalue weighted by Gasteiger charge is 2.24. The maximum Gasteiger partial charge on any atom is 0.146 e. The molecular formula is C23H36N6OS. The minimum absolute atomic E-state index is 0.496. The predicted molar refractivity (Wildman–Crippen MR) is 127 cm³/mol. The number of nitrogens with one attached hydrogen (secondary N) is 1. The first-order valence-corrected chi connectivity index (χ1v) is 12.8. The largest absolute Gasteiger partial charge is 0.379 e. The zero-order chi connectivity index (χ0) is 21.2. The van der Waals surface area contributed by atoms with E-state index in [0.29, 0.717) is 6.04 Å². The number of aromatic nitrogens is 2. The first-order chi connectivity index (χ1) is 15.2. The number of hydrogen-bond acceptors (Lipinski definition) is 8. The molecule has 0 saturated carbocycles. The Balaban J connectivity index is 1.38. The van der Waals surface area contributed by atoms with Gasteiger partial charge in [-0.25, -0.2) is 9.97 Å². The van der Waals surface area contributed by atoms with Gasteiger partial charge in [-0.1, -0.05) is 0 Å². The monoisotopic (exact) mass is 444 g/mol. The van der Waals surface area contributed by atoms with Gasteiger partial charge in [-0.3, -0.25) is 9.80 Å². The number of rotatable bonds is 6. The Morgan fingerprint density at radius 3 is 2.61 bits per heavy atom. The van der Waals surface area contributed by atoms with Crippen molar-refractivity contribution in [2.24, 2.45) is 0 Å². The molecular weight excluding hydrogens is 408 g/mol. The molecule has 5 rings (SSSR count). The fourth-order valence-electron chi connectivity index (χ4n) is 5.00. The Kier molecular flexibility index (Phi) is 6.71. The van der Waals surface area contributed by atoms with Crippen LogP contribution in [0.3, 0.4) is 0 Å². The molecule has 1 aliphatic carbocycles. The Labute approximate surface area is 189 Å². The number of likely N-dealkylation sites (N-methyl/N-ethyl adjacent to an activating group) is 1. The fraction of sp³-hybridized carbons (Fsp3) is 0.739. The molecule has 0 aromatic carbocycles. The second-order valence-corrected chi connectivity index (χ2v) is 10.4. The molecule has 31 heavy (non-hydrogen) atoms. The van der Waals surface area contributed by atoms with Crippen molar-refractivity contribution in [2.45, 2.75) is 45.2 Å². The van der Waals surface area contributed by atoms with Crippen LogP contribution < -0.4 is 5.32 Å². The second kappa shape index (κ2) is 9.67. The lowest BCUT2D eigenvalue weighted by Gasteiger charge is -2.36. The molecule has 8 heteroatoms. The third-order valence-corrected chi connectivity index (χ3v) is 8.24. The Morgan fingerprint density at radius 1 is 1.03 bits per heavy atom. The van der Waals surface area contributed by atoms with Crippen LogP contribution in [0.15, 0.2) is 0 Å². The summed E-state index contributed by atoms with van der Waals surface area (Å²) in [6, 6.07) is 0.496. The van der Waals surface area contributed by atoms with Gasteiger partial charge in [0.15, 0.2) is 0 Å². The predicted octanol–water partition coefficient (Wildman–Crippen LogP) is 2.45. The molecule has 7 nitrogen and oxygen atoms in total. The first-order valence-electron chi connectivity index (χ1n) is 11.9. The molecule has 0 spiro atoms. The van der Waals surface area contributed by atoms with Gasteiger partial charge in [-0.15, -0.1) is 11.3 Å². The van der Waals surface area contributed by atoms with Crippen LogP contribution in [0.1, 0.15) is 36.0 Å². The summed E-state index contributed by atoms with van der Waals surface area (Å²) in [5.74, 6) is 2.01. The lowest BCUT2D eigenvalue weighted by Crippen LogP contribution is -2.49. The van der Waals surface area contributed by atoms with Gasteiger partial charge in [0.25, 0.3) is 0 Å². The van der Waals surface area contributed by atoms with Gasteiger partial charge in [-0.05, 0) is 45.2 Å². The summed E-state index contributed by atoms with van der Waals surface area (Å²) in [4.78, 5) is 20.3. The molecule has 0 bridgehead atoms. The Hall–Kier alpha value is -1.32. The standard InChI is InChI=1S/C23H36N6OS/c1-17(29-9-7-27(2)8-10-29)15-24-22-21-18-5-3-4-6-19(18)31-23(21)26-20(25-22)16-28-11-13-30-14-12-28/h17H,3-16H2,1-2H3,(H,24,25,26). The molecule has 2 aliphatic heterocycles. The zero-order valence-electron chi connectivity index (χ0n) is 19.0. The fourth-order valence-corrected chi connectivity index (χ4v) is 6.28. The Morgan fingerprint density at radius 2 is 1.81 bits per heavy atom. The third kappa shape index (κ3) is 4.88. The highest BCUT2D eigenvalue weighted by atomic mass is 32.1. The van der Waals surface area contributed by atoms with E-state index in [0.717, 1.165) is 77.2 Å². The summed E-state index contributed by atoms with van der Waals surface area (Å²) in [5, 5.41) is 5.07. The van der Waals surface area contributed by atoms with Crippen LogP contribution in [0.2, 0.25) is 0 Å². The number of anilines is 1. The van der Waals surface area contributed by atoms with Crippen LogP contribution in [0.4, 0.5) is 5.82 Å². The van der Waals surface area contributed by atoms with Gasteiger partial charge in [0.2, 0.25) is 0 Å². The summed E-state index contributed by atoms with van der Waals surface area (Å²) >= 11 is 1.90. The summed E-state index contributed by atoms with van der Waals surface area (Å²) in [5.41, 5.74) is 1.51. The summed E-state index contributed by atoms with van der Waals surface area (Å²) in [7, 11) is 2.22. The third-order valence-electron chi connectivity index (χ3n) is 7.06. The van der Waals surface area contributed by atoms with Crippen LogP contribution in [-0.2, 0) is 24.1 Å². The number of aryl methyl sites for hydroxylation is 2. The van der Waals surface area contributed by atoms with E-state index in [2.05, 4.69) is 34.0 Å². The van der Waals surface area contributed by atoms with Crippen molar-refractivity contribution in [3.05, 3.63) is 16.3 Å². The highest BCUT2D eigenvalue weighted by Crippen LogP contribution is 2.38. The van der Waals surface area contributed by atoms with E-state index in [9.17, 15) is 0 Å². The van der Waals surface area contributed by atoms with Gasteiger partial charge < -0.3 is 15.0 Å². The lowest BCUT2D eigenvalue weighted by atomic mass is 9.97. The van der Waals surface area contributed by atoms with Crippen LogP contribution in [0, 0.1) is 0 Å². The second-order valence-electron chi connectivity index (χ2n) is 9.34. The molecule has 0 radical (unpaired) electrons. The molecule has 1 N–H and O–H groups in total. The number of hydrogen-bond donors (Lipinski definition) is 1. The minimum atomic E-state index is 0.496. The highest BCUT2D eigenvalue weighted by molar-refractivity contribution is 7.19. The lowest BCUT2D eigenvalue weighted by molar-refractivity contribution is 0.0331.